The van der Waals surface area contributed by atoms with Crippen LogP contribution in [0.5, 0.6) is 0 Å². The first-order valence-corrected chi connectivity index (χ1v) is 5.19. The smallest absolute Gasteiger partial charge is 0.0677 e. The molecule has 0 bridgehead atoms. The van der Waals surface area contributed by atoms with Crippen LogP contribution in [0.3, 0.4) is 0 Å². The molecule has 0 unspecified atom stereocenters. The average molecular weight is 215 g/mol. The van der Waals surface area contributed by atoms with Gasteiger partial charge in [0, 0.05) is 19.4 Å². The Hall–Kier alpha value is -1.63. The monoisotopic (exact) mass is 215 g/mol. The number of hydrogen-bond donors (Lipinski definition) is 0. The van der Waals surface area contributed by atoms with Crippen LogP contribution in [0, 0.1) is 0 Å². The van der Waals surface area contributed by atoms with Crippen molar-refractivity contribution in [2.24, 2.45) is 4.99 Å². The lowest BCUT2D eigenvalue weighted by Crippen LogP contribution is -2.22. The van der Waals surface area contributed by atoms with Crippen LogP contribution in [0.15, 0.2) is 41.4 Å². The fraction of sp³-hybridized carbons (Fsp3) is 0.267. The molecule has 0 saturated carbocycles. The van der Waals surface area contributed by atoms with Gasteiger partial charge in [-0.2, -0.15) is 0 Å². The highest BCUT2D eigenvalue weighted by atomic mass is 14.8. The Morgan fingerprint density at radius 1 is 1.12 bits per heavy atom. The zero-order valence-corrected chi connectivity index (χ0v) is 8.91. The van der Waals surface area contributed by atoms with Gasteiger partial charge < -0.3 is 0 Å². The SMILES string of the molecule is [2H]C([2H])([2H])C1(C([2H])([2H])[2H])C(C)=Nc2ccc3ccccc3c21. The quantitative estimate of drug-likeness (QED) is 0.624. The van der Waals surface area contributed by atoms with Gasteiger partial charge in [0.05, 0.1) is 5.69 Å². The van der Waals surface area contributed by atoms with Crippen LogP contribution in [-0.2, 0) is 5.41 Å². The Bertz CT molecular complexity index is 771. The van der Waals surface area contributed by atoms with Crippen molar-refractivity contribution >= 4 is 22.2 Å². The molecule has 1 heteroatoms. The van der Waals surface area contributed by atoms with Gasteiger partial charge >= 0.3 is 0 Å². The standard InChI is InChI=1S/C15H15N/c1-10-15(2,3)14-12-7-5-4-6-11(12)8-9-13(14)16-10/h4-9H,1-3H3/i2D3,3D3. The van der Waals surface area contributed by atoms with Crippen molar-refractivity contribution in [1.82, 2.24) is 0 Å². The van der Waals surface area contributed by atoms with E-state index in [-0.39, 0.29) is 5.71 Å². The van der Waals surface area contributed by atoms with Crippen molar-refractivity contribution in [2.45, 2.75) is 26.0 Å². The molecule has 0 N–H and O–H groups in total. The molecule has 1 aliphatic heterocycles. The summed E-state index contributed by atoms with van der Waals surface area (Å²) in [6, 6.07) is 10.7. The van der Waals surface area contributed by atoms with Gasteiger partial charge in [-0.25, -0.2) is 0 Å². The van der Waals surface area contributed by atoms with Crippen LogP contribution in [0.2, 0.25) is 0 Å². The highest BCUT2D eigenvalue weighted by Crippen LogP contribution is 2.43. The van der Waals surface area contributed by atoms with Gasteiger partial charge in [0.25, 0.3) is 0 Å². The van der Waals surface area contributed by atoms with E-state index >= 15 is 0 Å². The summed E-state index contributed by atoms with van der Waals surface area (Å²) < 4.78 is 47.8. The van der Waals surface area contributed by atoms with Crippen LogP contribution in [0.1, 0.15) is 34.4 Å². The minimum atomic E-state index is -2.72. The molecule has 80 valence electrons. The molecule has 3 rings (SSSR count). The van der Waals surface area contributed by atoms with E-state index in [0.29, 0.717) is 16.6 Å². The predicted molar refractivity (Wildman–Crippen MR) is 69.7 cm³/mol. The molecular weight excluding hydrogens is 194 g/mol. The van der Waals surface area contributed by atoms with Crippen LogP contribution < -0.4 is 0 Å². The molecule has 0 aliphatic carbocycles. The molecule has 0 spiro atoms. The second kappa shape index (κ2) is 2.94. The molecule has 2 aromatic rings. The third kappa shape index (κ3) is 1.09. The van der Waals surface area contributed by atoms with E-state index in [9.17, 15) is 0 Å². The van der Waals surface area contributed by atoms with Crippen LogP contribution >= 0.6 is 0 Å². The maximum Gasteiger partial charge on any atom is 0.0677 e. The molecule has 0 aromatic heterocycles. The first kappa shape index (κ1) is 5.13. The molecule has 0 radical (unpaired) electrons. The molecule has 0 amide bonds. The van der Waals surface area contributed by atoms with E-state index in [0.717, 1.165) is 5.39 Å². The Balaban J connectivity index is 2.51. The highest BCUT2D eigenvalue weighted by Gasteiger charge is 2.33. The van der Waals surface area contributed by atoms with Crippen molar-refractivity contribution in [3.05, 3.63) is 42.0 Å². The summed E-state index contributed by atoms with van der Waals surface area (Å²) in [5, 5.41) is 1.44. The third-order valence-corrected chi connectivity index (χ3v) is 3.11. The van der Waals surface area contributed by atoms with E-state index < -0.39 is 19.1 Å². The first-order valence-electron chi connectivity index (χ1n) is 8.19. The predicted octanol–water partition coefficient (Wildman–Crippen LogP) is 4.22. The minimum Gasteiger partial charge on any atom is -0.257 e. The first-order chi connectivity index (χ1) is 10.1. The summed E-state index contributed by atoms with van der Waals surface area (Å²) in [6.07, 6.45) is 0. The van der Waals surface area contributed by atoms with Gasteiger partial charge in [0.2, 0.25) is 0 Å². The van der Waals surface area contributed by atoms with Crippen molar-refractivity contribution in [3.8, 4) is 0 Å². The van der Waals surface area contributed by atoms with E-state index in [4.69, 9.17) is 8.22 Å². The molecule has 0 atom stereocenters. The zero-order chi connectivity index (χ0) is 16.3. The lowest BCUT2D eigenvalue weighted by atomic mass is 9.80. The Morgan fingerprint density at radius 3 is 2.75 bits per heavy atom. The summed E-state index contributed by atoms with van der Waals surface area (Å²) in [5.41, 5.74) is -1.21. The molecule has 2 aromatic carbocycles. The fourth-order valence-electron chi connectivity index (χ4n) is 2.19. The Kier molecular flexibility index (Phi) is 0.944. The van der Waals surface area contributed by atoms with E-state index in [1.54, 1.807) is 18.2 Å². The van der Waals surface area contributed by atoms with Crippen molar-refractivity contribution in [2.75, 3.05) is 0 Å². The summed E-state index contributed by atoms with van der Waals surface area (Å²) in [7, 11) is 0. The van der Waals surface area contributed by atoms with Gasteiger partial charge in [0.1, 0.15) is 0 Å². The van der Waals surface area contributed by atoms with Crippen LogP contribution in [0.25, 0.3) is 10.8 Å². The summed E-state index contributed by atoms with van der Waals surface area (Å²) in [5.74, 6) is 0. The number of benzene rings is 2. The normalized spacial score (nSPS) is 24.4. The lowest BCUT2D eigenvalue weighted by molar-refractivity contribution is 0.740. The summed E-state index contributed by atoms with van der Waals surface area (Å²) >= 11 is 0. The van der Waals surface area contributed by atoms with Crippen molar-refractivity contribution in [3.63, 3.8) is 0 Å². The lowest BCUT2D eigenvalue weighted by Gasteiger charge is -2.21. The maximum atomic E-state index is 7.96. The molecule has 1 aliphatic rings. The number of rotatable bonds is 0. The van der Waals surface area contributed by atoms with Gasteiger partial charge in [0.15, 0.2) is 0 Å². The summed E-state index contributed by atoms with van der Waals surface area (Å²) in [6.45, 7) is -3.95. The number of aliphatic imine (C=N–C) groups is 1. The van der Waals surface area contributed by atoms with Gasteiger partial charge in [-0.05, 0) is 29.3 Å². The number of nitrogens with zero attached hydrogens (tertiary/aromatic N) is 1. The number of fused-ring (bicyclic) bond motifs is 3. The zero-order valence-electron chi connectivity index (χ0n) is 14.9. The minimum absolute atomic E-state index is 0.124. The Morgan fingerprint density at radius 2 is 1.94 bits per heavy atom. The molecule has 1 heterocycles. The molecule has 0 saturated heterocycles. The summed E-state index contributed by atoms with van der Waals surface area (Å²) in [4.78, 5) is 4.29. The van der Waals surface area contributed by atoms with Crippen LogP contribution in [-0.4, -0.2) is 5.71 Å². The van der Waals surface area contributed by atoms with Gasteiger partial charge in [-0.1, -0.05) is 44.0 Å². The van der Waals surface area contributed by atoms with E-state index in [1.807, 2.05) is 18.2 Å². The van der Waals surface area contributed by atoms with Crippen LogP contribution in [0.4, 0.5) is 5.69 Å². The highest BCUT2D eigenvalue weighted by molar-refractivity contribution is 6.06. The number of hydrogen-bond acceptors (Lipinski definition) is 1. The van der Waals surface area contributed by atoms with Crippen molar-refractivity contribution in [1.29, 1.82) is 0 Å². The molecular formula is C15H15N. The third-order valence-electron chi connectivity index (χ3n) is 3.11. The molecule has 16 heavy (non-hydrogen) atoms. The van der Waals surface area contributed by atoms with Gasteiger partial charge in [-0.15, -0.1) is 0 Å². The largest absolute Gasteiger partial charge is 0.257 e. The van der Waals surface area contributed by atoms with Crippen molar-refractivity contribution < 1.29 is 8.22 Å². The maximum absolute atomic E-state index is 7.96. The molecule has 0 fully saturated rings. The topological polar surface area (TPSA) is 12.4 Å². The second-order valence-electron chi connectivity index (χ2n) is 4.13. The van der Waals surface area contributed by atoms with E-state index in [2.05, 4.69) is 4.99 Å². The Labute approximate surface area is 104 Å². The van der Waals surface area contributed by atoms with Gasteiger partial charge in [-0.3, -0.25) is 4.99 Å². The van der Waals surface area contributed by atoms with E-state index in [1.165, 1.54) is 6.92 Å². The molecule has 1 nitrogen and oxygen atoms in total. The fourth-order valence-corrected chi connectivity index (χ4v) is 2.19. The average Bonchev–Trinajstić information content (AvgIpc) is 2.71. The second-order valence-corrected chi connectivity index (χ2v) is 4.13.